The van der Waals surface area contributed by atoms with Gasteiger partial charge in [-0.3, -0.25) is 9.97 Å². The van der Waals surface area contributed by atoms with Crippen LogP contribution in [0.15, 0.2) is 24.5 Å². The molecule has 0 atom stereocenters. The van der Waals surface area contributed by atoms with Gasteiger partial charge in [0.1, 0.15) is 18.8 Å². The fourth-order valence-electron chi connectivity index (χ4n) is 4.12. The number of halogens is 1. The summed E-state index contributed by atoms with van der Waals surface area (Å²) in [5.74, 6) is 0. The number of alkyl halides is 1. The summed E-state index contributed by atoms with van der Waals surface area (Å²) in [6.07, 6.45) is 6.41. The van der Waals surface area contributed by atoms with Gasteiger partial charge in [0.25, 0.3) is 0 Å². The van der Waals surface area contributed by atoms with Crippen molar-refractivity contribution in [3.8, 4) is 0 Å². The highest BCUT2D eigenvalue weighted by Crippen LogP contribution is 2.31. The summed E-state index contributed by atoms with van der Waals surface area (Å²) in [7, 11) is 0. The molecule has 2 N–H and O–H groups in total. The highest BCUT2D eigenvalue weighted by Gasteiger charge is 2.24. The lowest BCUT2D eigenvalue weighted by Crippen LogP contribution is -2.40. The Bertz CT molecular complexity index is 854. The Morgan fingerprint density at radius 2 is 1.87 bits per heavy atom. The number of rotatable bonds is 6. The van der Waals surface area contributed by atoms with Crippen molar-refractivity contribution in [1.29, 1.82) is 0 Å². The average Bonchev–Trinajstić information content (AvgIpc) is 2.79. The first-order valence-electron chi connectivity index (χ1n) is 10.6. The van der Waals surface area contributed by atoms with E-state index in [1.807, 2.05) is 0 Å². The summed E-state index contributed by atoms with van der Waals surface area (Å²) in [6.45, 7) is 2.32. The first-order chi connectivity index (χ1) is 14.7. The number of benzene rings is 1. The number of ether oxygens (including phenoxy) is 2. The van der Waals surface area contributed by atoms with Crippen LogP contribution in [-0.2, 0) is 9.47 Å². The second-order valence-corrected chi connectivity index (χ2v) is 7.68. The number of hydrogen-bond acceptors (Lipinski definition) is 7. The van der Waals surface area contributed by atoms with Gasteiger partial charge in [-0.05, 0) is 37.8 Å². The molecule has 2 fully saturated rings. The molecule has 2 heterocycles. The zero-order chi connectivity index (χ0) is 20.8. The van der Waals surface area contributed by atoms with Gasteiger partial charge in [0.05, 0.1) is 24.4 Å². The third-order valence-electron chi connectivity index (χ3n) is 5.65. The van der Waals surface area contributed by atoms with Crippen molar-refractivity contribution in [3.05, 3.63) is 24.5 Å². The summed E-state index contributed by atoms with van der Waals surface area (Å²) in [6, 6.07) is 4.59. The zero-order valence-electron chi connectivity index (χ0n) is 17.0. The van der Waals surface area contributed by atoms with Crippen LogP contribution in [0.4, 0.5) is 20.6 Å². The molecule has 2 aliphatic rings. The number of aromatic nitrogens is 2. The number of carbonyl (C=O) groups excluding carboxylic acids is 1. The van der Waals surface area contributed by atoms with Crippen LogP contribution in [0, 0.1) is 0 Å². The van der Waals surface area contributed by atoms with Crippen LogP contribution in [0.25, 0.3) is 11.0 Å². The van der Waals surface area contributed by atoms with E-state index in [0.717, 1.165) is 74.4 Å². The molecule has 30 heavy (non-hydrogen) atoms. The maximum absolute atomic E-state index is 12.1. The van der Waals surface area contributed by atoms with Crippen LogP contribution in [0.2, 0.25) is 0 Å². The second-order valence-electron chi connectivity index (χ2n) is 7.68. The van der Waals surface area contributed by atoms with E-state index < -0.39 is 12.8 Å². The molecule has 1 aromatic carbocycles. The normalized spacial score (nSPS) is 22.0. The van der Waals surface area contributed by atoms with Crippen LogP contribution in [0.1, 0.15) is 25.7 Å². The fourth-order valence-corrected chi connectivity index (χ4v) is 4.12. The van der Waals surface area contributed by atoms with E-state index in [1.165, 1.54) is 0 Å². The quantitative estimate of drug-likeness (QED) is 0.747. The first-order valence-corrected chi connectivity index (χ1v) is 10.6. The SMILES string of the molecule is O=C(N[C@H]1CC[C@@H](Nc2cc(N3CCOCC3)cc3nccnc23)CC1)OCCF. The largest absolute Gasteiger partial charge is 0.447 e. The highest BCUT2D eigenvalue weighted by atomic mass is 19.1. The molecule has 8 nitrogen and oxygen atoms in total. The van der Waals surface area contributed by atoms with E-state index in [-0.39, 0.29) is 18.7 Å². The molecular formula is C21H28FN5O3. The van der Waals surface area contributed by atoms with E-state index in [2.05, 4.69) is 37.6 Å². The van der Waals surface area contributed by atoms with Gasteiger partial charge < -0.3 is 25.0 Å². The molecule has 9 heteroatoms. The van der Waals surface area contributed by atoms with Crippen molar-refractivity contribution >= 4 is 28.5 Å². The van der Waals surface area contributed by atoms with E-state index in [1.54, 1.807) is 12.4 Å². The monoisotopic (exact) mass is 417 g/mol. The molecule has 2 aromatic rings. The molecule has 1 amide bonds. The van der Waals surface area contributed by atoms with Gasteiger partial charge in [0.15, 0.2) is 0 Å². The van der Waals surface area contributed by atoms with Crippen molar-refractivity contribution < 1.29 is 18.7 Å². The molecule has 162 valence electrons. The second kappa shape index (κ2) is 9.88. The van der Waals surface area contributed by atoms with E-state index in [0.29, 0.717) is 0 Å². The number of fused-ring (bicyclic) bond motifs is 1. The molecule has 1 saturated heterocycles. The molecule has 1 aliphatic heterocycles. The molecule has 1 aromatic heterocycles. The van der Waals surface area contributed by atoms with Crippen molar-refractivity contribution in [2.45, 2.75) is 37.8 Å². The number of alkyl carbamates (subject to hydrolysis) is 1. The summed E-state index contributed by atoms with van der Waals surface area (Å²) in [5.41, 5.74) is 3.85. The number of nitrogens with one attached hydrogen (secondary N) is 2. The fraction of sp³-hybridized carbons (Fsp3) is 0.571. The van der Waals surface area contributed by atoms with Crippen LogP contribution >= 0.6 is 0 Å². The standard InChI is InChI=1S/C21H28FN5O3/c22-5-10-30-21(28)26-16-3-1-15(2-4-16)25-19-14-17(27-8-11-29-12-9-27)13-18-20(19)24-7-6-23-18/h6-7,13-16,25H,1-5,8-12H2,(H,26,28)/t15-,16+. The molecule has 1 aliphatic carbocycles. The molecular weight excluding hydrogens is 389 g/mol. The minimum absolute atomic E-state index is 0.0615. The van der Waals surface area contributed by atoms with Crippen molar-refractivity contribution in [1.82, 2.24) is 15.3 Å². The Morgan fingerprint density at radius 1 is 1.13 bits per heavy atom. The highest BCUT2D eigenvalue weighted by molar-refractivity contribution is 5.91. The molecule has 0 radical (unpaired) electrons. The lowest BCUT2D eigenvalue weighted by molar-refractivity contribution is 0.122. The van der Waals surface area contributed by atoms with Gasteiger partial charge in [-0.2, -0.15) is 0 Å². The molecule has 4 rings (SSSR count). The summed E-state index contributed by atoms with van der Waals surface area (Å²) < 4.78 is 22.4. The smallest absolute Gasteiger partial charge is 0.407 e. The van der Waals surface area contributed by atoms with E-state index in [9.17, 15) is 9.18 Å². The molecule has 0 bridgehead atoms. The third-order valence-corrected chi connectivity index (χ3v) is 5.65. The third kappa shape index (κ3) is 5.08. The van der Waals surface area contributed by atoms with Gasteiger partial charge >= 0.3 is 6.09 Å². The Kier molecular flexibility index (Phi) is 6.78. The molecule has 0 unspecified atom stereocenters. The Labute approximate surface area is 175 Å². The lowest BCUT2D eigenvalue weighted by Gasteiger charge is -2.32. The first kappa shape index (κ1) is 20.6. The summed E-state index contributed by atoms with van der Waals surface area (Å²) >= 11 is 0. The van der Waals surface area contributed by atoms with Crippen molar-refractivity contribution in [2.75, 3.05) is 49.8 Å². The number of amides is 1. The van der Waals surface area contributed by atoms with Gasteiger partial charge in [0.2, 0.25) is 0 Å². The number of nitrogens with zero attached hydrogens (tertiary/aromatic N) is 3. The molecule has 1 saturated carbocycles. The predicted octanol–water partition coefficient (Wildman–Crippen LogP) is 2.89. The van der Waals surface area contributed by atoms with Crippen LogP contribution in [0.5, 0.6) is 0 Å². The topological polar surface area (TPSA) is 88.6 Å². The van der Waals surface area contributed by atoms with Crippen LogP contribution in [0.3, 0.4) is 0 Å². The Morgan fingerprint density at radius 3 is 2.63 bits per heavy atom. The number of morpholine rings is 1. The summed E-state index contributed by atoms with van der Waals surface area (Å²) in [5, 5.41) is 6.48. The van der Waals surface area contributed by atoms with Gasteiger partial charge in [-0.1, -0.05) is 0 Å². The van der Waals surface area contributed by atoms with Crippen molar-refractivity contribution in [2.24, 2.45) is 0 Å². The van der Waals surface area contributed by atoms with Crippen LogP contribution < -0.4 is 15.5 Å². The van der Waals surface area contributed by atoms with E-state index >= 15 is 0 Å². The number of hydrogen-bond donors (Lipinski definition) is 2. The maximum atomic E-state index is 12.1. The lowest BCUT2D eigenvalue weighted by atomic mass is 9.91. The minimum atomic E-state index is -0.662. The number of anilines is 2. The predicted molar refractivity (Wildman–Crippen MR) is 113 cm³/mol. The van der Waals surface area contributed by atoms with E-state index in [4.69, 9.17) is 9.47 Å². The van der Waals surface area contributed by atoms with Crippen molar-refractivity contribution in [3.63, 3.8) is 0 Å². The Balaban J connectivity index is 1.42. The van der Waals surface area contributed by atoms with Gasteiger partial charge in [-0.25, -0.2) is 9.18 Å². The average molecular weight is 417 g/mol. The van der Waals surface area contributed by atoms with Gasteiger partial charge in [-0.15, -0.1) is 0 Å². The maximum Gasteiger partial charge on any atom is 0.407 e. The van der Waals surface area contributed by atoms with Gasteiger partial charge in [0, 0.05) is 43.3 Å². The minimum Gasteiger partial charge on any atom is -0.447 e. The van der Waals surface area contributed by atoms with Crippen LogP contribution in [-0.4, -0.2) is 67.7 Å². The Hall–Kier alpha value is -2.68. The summed E-state index contributed by atoms with van der Waals surface area (Å²) in [4.78, 5) is 23.0. The number of carbonyl (C=O) groups is 1. The molecule has 0 spiro atoms. The zero-order valence-corrected chi connectivity index (χ0v) is 17.0.